The molecule has 5 nitrogen and oxygen atoms in total. The van der Waals surface area contributed by atoms with Gasteiger partial charge in [0.15, 0.2) is 6.61 Å². The molecule has 0 spiro atoms. The summed E-state index contributed by atoms with van der Waals surface area (Å²) in [4.78, 5) is 27.6. The van der Waals surface area contributed by atoms with Crippen LogP contribution in [0.1, 0.15) is 57.8 Å². The molecule has 1 saturated heterocycles. The summed E-state index contributed by atoms with van der Waals surface area (Å²) in [5.74, 6) is 1.70. The number of amides is 1. The predicted molar refractivity (Wildman–Crippen MR) is 113 cm³/mol. The molecule has 5 fully saturated rings. The summed E-state index contributed by atoms with van der Waals surface area (Å²) in [6, 6.07) is 7.98. The SMILES string of the molecule is O=C(COC(=O)C12CC3CC(CC(C3)C1)C2)Nc1ccc(N2CCCCC2)cc1. The first kappa shape index (κ1) is 19.0. The normalized spacial score (nSPS) is 32.8. The molecule has 0 radical (unpaired) electrons. The highest BCUT2D eigenvalue weighted by Crippen LogP contribution is 2.60. The van der Waals surface area contributed by atoms with Crippen molar-refractivity contribution >= 4 is 23.3 Å². The Labute approximate surface area is 173 Å². The number of carbonyl (C=O) groups is 2. The van der Waals surface area contributed by atoms with Crippen molar-refractivity contribution in [3.63, 3.8) is 0 Å². The highest BCUT2D eigenvalue weighted by molar-refractivity contribution is 5.93. The van der Waals surface area contributed by atoms with Crippen molar-refractivity contribution in [1.82, 2.24) is 0 Å². The van der Waals surface area contributed by atoms with E-state index >= 15 is 0 Å². The van der Waals surface area contributed by atoms with Gasteiger partial charge in [-0.3, -0.25) is 9.59 Å². The number of benzene rings is 1. The summed E-state index contributed by atoms with van der Waals surface area (Å²) in [5, 5.41) is 2.87. The minimum absolute atomic E-state index is 0.132. The molecule has 1 N–H and O–H groups in total. The van der Waals surface area contributed by atoms with Gasteiger partial charge in [0, 0.05) is 24.5 Å². The third kappa shape index (κ3) is 3.88. The number of nitrogens with zero attached hydrogens (tertiary/aromatic N) is 1. The Morgan fingerprint density at radius 1 is 0.931 bits per heavy atom. The van der Waals surface area contributed by atoms with Crippen LogP contribution in [0.4, 0.5) is 11.4 Å². The average molecular weight is 397 g/mol. The van der Waals surface area contributed by atoms with Gasteiger partial charge in [-0.05, 0) is 99.8 Å². The van der Waals surface area contributed by atoms with Gasteiger partial charge in [0.2, 0.25) is 0 Å². The highest BCUT2D eigenvalue weighted by Gasteiger charge is 2.55. The summed E-state index contributed by atoms with van der Waals surface area (Å²) >= 11 is 0. The van der Waals surface area contributed by atoms with Crippen molar-refractivity contribution in [1.29, 1.82) is 0 Å². The molecule has 156 valence electrons. The van der Waals surface area contributed by atoms with Crippen molar-refractivity contribution in [2.45, 2.75) is 57.8 Å². The van der Waals surface area contributed by atoms with E-state index in [0.29, 0.717) is 17.8 Å². The molecular weight excluding hydrogens is 364 g/mol. The molecule has 29 heavy (non-hydrogen) atoms. The summed E-state index contributed by atoms with van der Waals surface area (Å²) in [6.07, 6.45) is 10.6. The zero-order chi connectivity index (χ0) is 19.8. The van der Waals surface area contributed by atoms with Gasteiger partial charge in [0.25, 0.3) is 5.91 Å². The van der Waals surface area contributed by atoms with Gasteiger partial charge in [-0.25, -0.2) is 0 Å². The van der Waals surface area contributed by atoms with Crippen LogP contribution in [0.2, 0.25) is 0 Å². The Morgan fingerprint density at radius 2 is 1.52 bits per heavy atom. The van der Waals surface area contributed by atoms with Gasteiger partial charge in [-0.1, -0.05) is 0 Å². The average Bonchev–Trinajstić information content (AvgIpc) is 2.72. The molecule has 4 bridgehead atoms. The number of nitrogens with one attached hydrogen (secondary N) is 1. The number of piperidine rings is 1. The fourth-order valence-corrected chi connectivity index (χ4v) is 6.75. The maximum absolute atomic E-state index is 12.9. The lowest BCUT2D eigenvalue weighted by Crippen LogP contribution is -2.50. The molecule has 5 heteroatoms. The molecule has 0 atom stereocenters. The maximum Gasteiger partial charge on any atom is 0.312 e. The minimum atomic E-state index is -0.300. The molecule has 4 aliphatic carbocycles. The van der Waals surface area contributed by atoms with Crippen LogP contribution in [0.5, 0.6) is 0 Å². The van der Waals surface area contributed by atoms with Crippen LogP contribution in [0.25, 0.3) is 0 Å². The molecule has 1 aliphatic heterocycles. The van der Waals surface area contributed by atoms with E-state index in [1.165, 1.54) is 44.2 Å². The molecule has 6 rings (SSSR count). The van der Waals surface area contributed by atoms with E-state index in [0.717, 1.165) is 38.0 Å². The quantitative estimate of drug-likeness (QED) is 0.751. The number of hydrogen-bond donors (Lipinski definition) is 1. The number of esters is 1. The molecule has 1 aromatic carbocycles. The van der Waals surface area contributed by atoms with E-state index in [1.54, 1.807) is 0 Å². The first-order chi connectivity index (χ1) is 14.1. The monoisotopic (exact) mass is 396 g/mol. The van der Waals surface area contributed by atoms with Gasteiger partial charge in [0.1, 0.15) is 0 Å². The second-order valence-corrected chi connectivity index (χ2v) is 9.92. The topological polar surface area (TPSA) is 58.6 Å². The second kappa shape index (κ2) is 7.66. The van der Waals surface area contributed by atoms with Crippen molar-refractivity contribution < 1.29 is 14.3 Å². The van der Waals surface area contributed by atoms with Crippen LogP contribution < -0.4 is 10.2 Å². The largest absolute Gasteiger partial charge is 0.455 e. The van der Waals surface area contributed by atoms with E-state index < -0.39 is 0 Å². The van der Waals surface area contributed by atoms with Gasteiger partial charge >= 0.3 is 5.97 Å². The van der Waals surface area contributed by atoms with Gasteiger partial charge in [-0.15, -0.1) is 0 Å². The van der Waals surface area contributed by atoms with Crippen LogP contribution in [0.3, 0.4) is 0 Å². The second-order valence-electron chi connectivity index (χ2n) is 9.92. The van der Waals surface area contributed by atoms with E-state index in [1.807, 2.05) is 12.1 Å². The molecule has 1 aromatic rings. The van der Waals surface area contributed by atoms with E-state index in [-0.39, 0.29) is 23.9 Å². The maximum atomic E-state index is 12.9. The molecule has 5 aliphatic rings. The number of ether oxygens (including phenoxy) is 1. The Kier molecular flexibility index (Phi) is 5.00. The molecule has 0 unspecified atom stereocenters. The van der Waals surface area contributed by atoms with Gasteiger partial charge < -0.3 is 15.0 Å². The summed E-state index contributed by atoms with van der Waals surface area (Å²) in [5.41, 5.74) is 1.66. The van der Waals surface area contributed by atoms with Crippen molar-refractivity contribution in [3.8, 4) is 0 Å². The zero-order valence-corrected chi connectivity index (χ0v) is 17.2. The number of hydrogen-bond acceptors (Lipinski definition) is 4. The van der Waals surface area contributed by atoms with Crippen LogP contribution in [0.15, 0.2) is 24.3 Å². The lowest BCUT2D eigenvalue weighted by Gasteiger charge is -2.55. The molecule has 4 saturated carbocycles. The van der Waals surface area contributed by atoms with Crippen LogP contribution in [-0.2, 0) is 14.3 Å². The third-order valence-electron chi connectivity index (χ3n) is 7.68. The predicted octanol–water partition coefficient (Wildman–Crippen LogP) is 4.38. The standard InChI is InChI=1S/C24H32N2O3/c27-22(25-20-4-6-21(7-5-20)26-8-2-1-3-9-26)16-29-23(28)24-13-17-10-18(14-24)12-19(11-17)15-24/h4-7,17-19H,1-3,8-16H2,(H,25,27). The Hall–Kier alpha value is -2.04. The van der Waals surface area contributed by atoms with Crippen LogP contribution in [0, 0.1) is 23.2 Å². The first-order valence-electron chi connectivity index (χ1n) is 11.4. The van der Waals surface area contributed by atoms with E-state index in [4.69, 9.17) is 4.74 Å². The van der Waals surface area contributed by atoms with Crippen LogP contribution in [-0.4, -0.2) is 31.6 Å². The van der Waals surface area contributed by atoms with Crippen molar-refractivity contribution in [2.24, 2.45) is 23.2 Å². The molecule has 1 heterocycles. The van der Waals surface area contributed by atoms with Crippen LogP contribution >= 0.6 is 0 Å². The molecule has 1 amide bonds. The highest BCUT2D eigenvalue weighted by atomic mass is 16.5. The van der Waals surface area contributed by atoms with Crippen molar-refractivity contribution in [3.05, 3.63) is 24.3 Å². The Morgan fingerprint density at radius 3 is 2.10 bits per heavy atom. The van der Waals surface area contributed by atoms with Gasteiger partial charge in [0.05, 0.1) is 5.41 Å². The van der Waals surface area contributed by atoms with Gasteiger partial charge in [-0.2, -0.15) is 0 Å². The molecule has 0 aromatic heterocycles. The fraction of sp³-hybridized carbons (Fsp3) is 0.667. The van der Waals surface area contributed by atoms with Crippen molar-refractivity contribution in [2.75, 3.05) is 29.9 Å². The Bertz CT molecular complexity index is 732. The minimum Gasteiger partial charge on any atom is -0.455 e. The number of carbonyl (C=O) groups excluding carboxylic acids is 2. The lowest BCUT2D eigenvalue weighted by atomic mass is 9.49. The van der Waals surface area contributed by atoms with E-state index in [9.17, 15) is 9.59 Å². The fourth-order valence-electron chi connectivity index (χ4n) is 6.75. The zero-order valence-electron chi connectivity index (χ0n) is 17.2. The lowest BCUT2D eigenvalue weighted by molar-refractivity contribution is -0.172. The summed E-state index contributed by atoms with van der Waals surface area (Å²) in [6.45, 7) is 2.02. The summed E-state index contributed by atoms with van der Waals surface area (Å²) < 4.78 is 5.52. The third-order valence-corrected chi connectivity index (χ3v) is 7.68. The smallest absolute Gasteiger partial charge is 0.312 e. The molecular formula is C24H32N2O3. The Balaban J connectivity index is 1.13. The van der Waals surface area contributed by atoms with E-state index in [2.05, 4.69) is 22.3 Å². The number of anilines is 2. The summed E-state index contributed by atoms with van der Waals surface area (Å²) in [7, 11) is 0. The first-order valence-corrected chi connectivity index (χ1v) is 11.4. The number of rotatable bonds is 5.